The van der Waals surface area contributed by atoms with E-state index < -0.39 is 39.9 Å². The second-order valence-electron chi connectivity index (χ2n) is 6.65. The van der Waals surface area contributed by atoms with Crippen LogP contribution in [0.3, 0.4) is 0 Å². The maximum absolute atomic E-state index is 12.6. The second-order valence-corrected chi connectivity index (χ2v) is 7.87. The van der Waals surface area contributed by atoms with Crippen LogP contribution in [0, 0.1) is 10.1 Å². The molecule has 0 saturated carbocycles. The Morgan fingerprint density at radius 3 is 2.06 bits per heavy atom. The number of benzene rings is 3. The van der Waals surface area contributed by atoms with Crippen LogP contribution in [0.2, 0.25) is 15.1 Å². The molecule has 0 bridgehead atoms. The quantitative estimate of drug-likeness (QED) is 0.169. The summed E-state index contributed by atoms with van der Waals surface area (Å²) in [5, 5.41) is 28.3. The van der Waals surface area contributed by atoms with E-state index in [1.165, 1.54) is 12.1 Å². The smallest absolute Gasteiger partial charge is 0.416 e. The zero-order chi connectivity index (χ0) is 27.4. The van der Waals surface area contributed by atoms with E-state index >= 15 is 0 Å². The molecule has 0 spiro atoms. The van der Waals surface area contributed by atoms with Crippen LogP contribution in [0.1, 0.15) is 26.3 Å². The fourth-order valence-electron chi connectivity index (χ4n) is 2.56. The molecular weight excluding hydrogens is 556 g/mol. The normalized spacial score (nSPS) is 10.7. The van der Waals surface area contributed by atoms with Gasteiger partial charge in [0.2, 0.25) is 0 Å². The molecule has 3 aromatic carbocycles. The highest BCUT2D eigenvalue weighted by molar-refractivity contribution is 6.37. The first kappa shape index (κ1) is 28.5. The number of carboxylic acid groups (broad SMARTS) is 2. The highest BCUT2D eigenvalue weighted by Gasteiger charge is 2.31. The van der Waals surface area contributed by atoms with Crippen molar-refractivity contribution >= 4 is 58.1 Å². The number of nitrogens with two attached hydrogens (primary N) is 1. The van der Waals surface area contributed by atoms with E-state index in [-0.39, 0.29) is 37.8 Å². The van der Waals surface area contributed by atoms with Crippen LogP contribution in [-0.2, 0) is 6.18 Å². The highest BCUT2D eigenvalue weighted by atomic mass is 35.5. The zero-order valence-electron chi connectivity index (χ0n) is 17.3. The average molecular weight is 568 g/mol. The Labute approximate surface area is 214 Å². The predicted molar refractivity (Wildman–Crippen MR) is 124 cm³/mol. The Bertz CT molecular complexity index is 1350. The van der Waals surface area contributed by atoms with Gasteiger partial charge in [-0.3, -0.25) is 10.1 Å². The van der Waals surface area contributed by atoms with Crippen LogP contribution >= 0.6 is 34.8 Å². The Balaban J connectivity index is 0.000000319. The highest BCUT2D eigenvalue weighted by Crippen LogP contribution is 2.37. The maximum Gasteiger partial charge on any atom is 0.416 e. The standard InChI is InChI=1S/C14H7ClF3NO5.C7H5Cl2NO2/c15-10-5-7(14(16,17)18)1-4-12(10)24-8-2-3-11(19(22)23)9(6-8)13(20)21;8-3-1-4(7(11)12)6(9)5(10)2-3/h1-6H,(H,20,21);1-2H,10H2,(H,11,12). The van der Waals surface area contributed by atoms with Crippen molar-refractivity contribution in [3.63, 3.8) is 0 Å². The van der Waals surface area contributed by atoms with Gasteiger partial charge >= 0.3 is 18.1 Å². The molecule has 0 atom stereocenters. The summed E-state index contributed by atoms with van der Waals surface area (Å²) in [5.41, 5.74) is 3.22. The lowest BCUT2D eigenvalue weighted by atomic mass is 10.1. The number of aromatic carboxylic acids is 2. The molecule has 0 saturated heterocycles. The van der Waals surface area contributed by atoms with Crippen molar-refractivity contribution in [1.29, 1.82) is 0 Å². The van der Waals surface area contributed by atoms with Crippen LogP contribution in [0.5, 0.6) is 11.5 Å². The minimum atomic E-state index is -4.58. The molecule has 0 aliphatic carbocycles. The van der Waals surface area contributed by atoms with E-state index in [4.69, 9.17) is 55.5 Å². The molecule has 3 rings (SSSR count). The molecule has 4 N–H and O–H groups in total. The van der Waals surface area contributed by atoms with Crippen molar-refractivity contribution in [2.24, 2.45) is 0 Å². The van der Waals surface area contributed by atoms with Crippen LogP contribution in [0.4, 0.5) is 24.5 Å². The van der Waals surface area contributed by atoms with Crippen molar-refractivity contribution in [2.45, 2.75) is 6.18 Å². The number of halogens is 6. The largest absolute Gasteiger partial charge is 0.478 e. The van der Waals surface area contributed by atoms with E-state index in [2.05, 4.69) is 0 Å². The maximum atomic E-state index is 12.6. The number of rotatable bonds is 5. The predicted octanol–water partition coefficient (Wildman–Crippen LogP) is 7.03. The number of nitro benzene ring substituents is 1. The molecule has 9 nitrogen and oxygen atoms in total. The lowest BCUT2D eigenvalue weighted by Crippen LogP contribution is -2.05. The van der Waals surface area contributed by atoms with E-state index in [0.29, 0.717) is 6.07 Å². The monoisotopic (exact) mass is 566 g/mol. The number of nitrogen functional groups attached to an aromatic ring is 1. The molecule has 0 aliphatic rings. The van der Waals surface area contributed by atoms with Gasteiger partial charge in [-0.25, -0.2) is 9.59 Å². The van der Waals surface area contributed by atoms with Crippen molar-refractivity contribution in [2.75, 3.05) is 5.73 Å². The molecule has 15 heteroatoms. The van der Waals surface area contributed by atoms with Gasteiger partial charge in [0.15, 0.2) is 0 Å². The number of alkyl halides is 3. The molecule has 0 fully saturated rings. The third-order valence-electron chi connectivity index (χ3n) is 4.18. The second kappa shape index (κ2) is 11.3. The van der Waals surface area contributed by atoms with Gasteiger partial charge in [0.25, 0.3) is 5.69 Å². The minimum absolute atomic E-state index is 0.0203. The van der Waals surface area contributed by atoms with Gasteiger partial charge in [-0.2, -0.15) is 13.2 Å². The first-order valence-corrected chi connectivity index (χ1v) is 10.3. The number of nitro groups is 1. The first-order chi connectivity index (χ1) is 16.6. The number of carboxylic acids is 2. The summed E-state index contributed by atoms with van der Waals surface area (Å²) in [7, 11) is 0. The summed E-state index contributed by atoms with van der Waals surface area (Å²) < 4.78 is 42.9. The SMILES string of the molecule is Nc1cc(Cl)cc(C(=O)O)c1Cl.O=C(O)c1cc(Oc2ccc(C(F)(F)F)cc2Cl)ccc1[N+](=O)[O-]. The van der Waals surface area contributed by atoms with Gasteiger partial charge in [0, 0.05) is 17.2 Å². The molecular formula is C21H12Cl3F3N2O7. The number of hydrogen-bond acceptors (Lipinski definition) is 6. The summed E-state index contributed by atoms with van der Waals surface area (Å²) in [6, 6.07) is 7.92. The van der Waals surface area contributed by atoms with E-state index in [1.807, 2.05) is 0 Å². The van der Waals surface area contributed by atoms with Crippen LogP contribution < -0.4 is 10.5 Å². The summed E-state index contributed by atoms with van der Waals surface area (Å²) in [6.07, 6.45) is -4.58. The Kier molecular flexibility index (Phi) is 8.97. The van der Waals surface area contributed by atoms with Crippen LogP contribution in [-0.4, -0.2) is 27.1 Å². The van der Waals surface area contributed by atoms with E-state index in [9.17, 15) is 32.9 Å². The molecule has 0 radical (unpaired) electrons. The Hall–Kier alpha value is -3.74. The zero-order valence-corrected chi connectivity index (χ0v) is 19.6. The molecule has 0 aliphatic heterocycles. The van der Waals surface area contributed by atoms with Crippen molar-refractivity contribution in [1.82, 2.24) is 0 Å². The fourth-order valence-corrected chi connectivity index (χ4v) is 3.20. The number of carbonyl (C=O) groups is 2. The first-order valence-electron chi connectivity index (χ1n) is 9.16. The molecule has 3 aromatic rings. The van der Waals surface area contributed by atoms with Gasteiger partial charge in [-0.05, 0) is 36.4 Å². The molecule has 36 heavy (non-hydrogen) atoms. The van der Waals surface area contributed by atoms with Gasteiger partial charge < -0.3 is 20.7 Å². The molecule has 0 aromatic heterocycles. The summed E-state index contributed by atoms with van der Waals surface area (Å²) in [6.45, 7) is 0. The number of nitrogens with zero attached hydrogens (tertiary/aromatic N) is 1. The minimum Gasteiger partial charge on any atom is -0.478 e. The lowest BCUT2D eigenvalue weighted by molar-refractivity contribution is -0.385. The number of hydrogen-bond donors (Lipinski definition) is 3. The summed E-state index contributed by atoms with van der Waals surface area (Å²) in [4.78, 5) is 31.4. The third-order valence-corrected chi connectivity index (χ3v) is 5.11. The van der Waals surface area contributed by atoms with Gasteiger partial charge in [0.1, 0.15) is 17.1 Å². The van der Waals surface area contributed by atoms with Crippen LogP contribution in [0.25, 0.3) is 0 Å². The fraction of sp³-hybridized carbons (Fsp3) is 0.0476. The van der Waals surface area contributed by atoms with Crippen molar-refractivity contribution < 1.29 is 42.6 Å². The summed E-state index contributed by atoms with van der Waals surface area (Å²) >= 11 is 16.9. The average Bonchev–Trinajstić information content (AvgIpc) is 2.77. The topological polar surface area (TPSA) is 153 Å². The number of anilines is 1. The van der Waals surface area contributed by atoms with Crippen molar-refractivity contribution in [3.8, 4) is 11.5 Å². The van der Waals surface area contributed by atoms with Gasteiger partial charge in [-0.1, -0.05) is 34.8 Å². The molecule has 190 valence electrons. The van der Waals surface area contributed by atoms with Gasteiger partial charge in [0.05, 0.1) is 31.8 Å². The van der Waals surface area contributed by atoms with E-state index in [1.54, 1.807) is 0 Å². The lowest BCUT2D eigenvalue weighted by Gasteiger charge is -2.11. The van der Waals surface area contributed by atoms with E-state index in [0.717, 1.165) is 30.3 Å². The number of ether oxygens (including phenoxy) is 1. The summed E-state index contributed by atoms with van der Waals surface area (Å²) in [5.74, 6) is -2.98. The van der Waals surface area contributed by atoms with Crippen LogP contribution in [0.15, 0.2) is 48.5 Å². The Morgan fingerprint density at radius 1 is 0.944 bits per heavy atom. The van der Waals surface area contributed by atoms with Crippen molar-refractivity contribution in [3.05, 3.63) is 90.4 Å². The molecule has 0 amide bonds. The Morgan fingerprint density at radius 2 is 1.56 bits per heavy atom. The molecule has 0 unspecified atom stereocenters. The van der Waals surface area contributed by atoms with Gasteiger partial charge in [-0.15, -0.1) is 0 Å². The molecule has 0 heterocycles. The third kappa shape index (κ3) is 7.13.